The molecule has 1 aromatic rings. The summed E-state index contributed by atoms with van der Waals surface area (Å²) in [7, 11) is 0. The first-order valence-electron chi connectivity index (χ1n) is 6.40. The van der Waals surface area contributed by atoms with Crippen LogP contribution in [0.4, 0.5) is 11.4 Å². The van der Waals surface area contributed by atoms with Gasteiger partial charge in [-0.25, -0.2) is 4.79 Å². The van der Waals surface area contributed by atoms with Gasteiger partial charge in [0, 0.05) is 31.8 Å². The number of rotatable bonds is 4. The number of aliphatic hydroxyl groups is 1. The summed E-state index contributed by atoms with van der Waals surface area (Å²) in [6, 6.07) is 3.75. The summed E-state index contributed by atoms with van der Waals surface area (Å²) in [5.74, 6) is -1.04. The van der Waals surface area contributed by atoms with Crippen LogP contribution in [0.3, 0.4) is 0 Å². The quantitative estimate of drug-likeness (QED) is 0.639. The van der Waals surface area contributed by atoms with Crippen molar-refractivity contribution in [2.24, 2.45) is 5.92 Å². The number of anilines is 1. The van der Waals surface area contributed by atoms with Gasteiger partial charge in [0.25, 0.3) is 5.69 Å². The Morgan fingerprint density at radius 3 is 2.85 bits per heavy atom. The van der Waals surface area contributed by atoms with Crippen LogP contribution in [0.2, 0.25) is 0 Å². The van der Waals surface area contributed by atoms with E-state index in [1.54, 1.807) is 4.90 Å². The molecule has 0 aromatic heterocycles. The Balaban J connectivity index is 2.38. The molecule has 2 rings (SSSR count). The number of nitrogens with zero attached hydrogens (tertiary/aromatic N) is 2. The molecule has 0 bridgehead atoms. The summed E-state index contributed by atoms with van der Waals surface area (Å²) in [5, 5.41) is 29.3. The zero-order valence-corrected chi connectivity index (χ0v) is 10.9. The van der Waals surface area contributed by atoms with Crippen LogP contribution in [0.25, 0.3) is 0 Å². The van der Waals surface area contributed by atoms with Crippen LogP contribution in [0.5, 0.6) is 0 Å². The second-order valence-corrected chi connectivity index (χ2v) is 4.90. The fourth-order valence-electron chi connectivity index (χ4n) is 2.51. The monoisotopic (exact) mass is 280 g/mol. The average molecular weight is 280 g/mol. The van der Waals surface area contributed by atoms with Crippen molar-refractivity contribution in [3.8, 4) is 0 Å². The fraction of sp³-hybridized carbons (Fsp3) is 0.462. The molecule has 1 aromatic carbocycles. The predicted molar refractivity (Wildman–Crippen MR) is 72.1 cm³/mol. The lowest BCUT2D eigenvalue weighted by molar-refractivity contribution is -0.384. The number of carboxylic acids is 1. The molecule has 108 valence electrons. The molecule has 0 spiro atoms. The number of carboxylic acid groups (broad SMARTS) is 1. The Morgan fingerprint density at radius 2 is 2.25 bits per heavy atom. The van der Waals surface area contributed by atoms with Crippen molar-refractivity contribution in [1.82, 2.24) is 0 Å². The van der Waals surface area contributed by atoms with Gasteiger partial charge in [0.1, 0.15) is 0 Å². The maximum Gasteiger partial charge on any atom is 0.337 e. The van der Waals surface area contributed by atoms with Gasteiger partial charge in [-0.15, -0.1) is 0 Å². The first-order valence-corrected chi connectivity index (χ1v) is 6.40. The highest BCUT2D eigenvalue weighted by atomic mass is 16.6. The van der Waals surface area contributed by atoms with E-state index in [0.29, 0.717) is 18.8 Å². The highest BCUT2D eigenvalue weighted by molar-refractivity contribution is 5.95. The van der Waals surface area contributed by atoms with Gasteiger partial charge in [0.05, 0.1) is 16.2 Å². The van der Waals surface area contributed by atoms with Crippen LogP contribution in [0, 0.1) is 16.0 Å². The second-order valence-electron chi connectivity index (χ2n) is 4.90. The lowest BCUT2D eigenvalue weighted by atomic mass is 9.97. The van der Waals surface area contributed by atoms with Crippen LogP contribution in [0.15, 0.2) is 18.2 Å². The van der Waals surface area contributed by atoms with Gasteiger partial charge in [-0.05, 0) is 24.8 Å². The van der Waals surface area contributed by atoms with E-state index in [-0.39, 0.29) is 23.8 Å². The maximum atomic E-state index is 11.3. The molecule has 1 atom stereocenters. The van der Waals surface area contributed by atoms with Crippen molar-refractivity contribution in [3.05, 3.63) is 33.9 Å². The summed E-state index contributed by atoms with van der Waals surface area (Å²) >= 11 is 0. The number of hydrogen-bond donors (Lipinski definition) is 2. The van der Waals surface area contributed by atoms with Crippen LogP contribution >= 0.6 is 0 Å². The molecular weight excluding hydrogens is 264 g/mol. The zero-order valence-electron chi connectivity index (χ0n) is 10.9. The molecule has 1 unspecified atom stereocenters. The van der Waals surface area contributed by atoms with Crippen LogP contribution in [-0.2, 0) is 0 Å². The first kappa shape index (κ1) is 14.3. The number of piperidine rings is 1. The predicted octanol–water partition coefficient (Wildman–Crippen LogP) is 1.50. The highest BCUT2D eigenvalue weighted by Gasteiger charge is 2.25. The summed E-state index contributed by atoms with van der Waals surface area (Å²) in [6.45, 7) is 1.18. The molecule has 0 aliphatic carbocycles. The Morgan fingerprint density at radius 1 is 1.50 bits per heavy atom. The molecule has 7 nitrogen and oxygen atoms in total. The number of nitro groups is 1. The minimum Gasteiger partial charge on any atom is -0.478 e. The topological polar surface area (TPSA) is 104 Å². The summed E-state index contributed by atoms with van der Waals surface area (Å²) in [5.41, 5.74) is 0.273. The maximum absolute atomic E-state index is 11.3. The number of hydrogen-bond acceptors (Lipinski definition) is 5. The van der Waals surface area contributed by atoms with Crippen molar-refractivity contribution in [3.63, 3.8) is 0 Å². The number of aromatic carboxylic acids is 1. The molecule has 1 aliphatic heterocycles. The van der Waals surface area contributed by atoms with Gasteiger partial charge in [-0.3, -0.25) is 10.1 Å². The van der Waals surface area contributed by atoms with Crippen LogP contribution < -0.4 is 4.90 Å². The van der Waals surface area contributed by atoms with E-state index in [2.05, 4.69) is 0 Å². The largest absolute Gasteiger partial charge is 0.478 e. The van der Waals surface area contributed by atoms with Crippen LogP contribution in [-0.4, -0.2) is 40.8 Å². The molecule has 2 N–H and O–H groups in total. The molecule has 1 aliphatic rings. The number of aliphatic hydroxyl groups excluding tert-OH is 1. The third kappa shape index (κ3) is 2.88. The third-order valence-electron chi connectivity index (χ3n) is 3.54. The lowest BCUT2D eigenvalue weighted by Gasteiger charge is -2.34. The van der Waals surface area contributed by atoms with Crippen molar-refractivity contribution in [2.75, 3.05) is 24.6 Å². The zero-order chi connectivity index (χ0) is 14.7. The van der Waals surface area contributed by atoms with Gasteiger partial charge in [0.15, 0.2) is 0 Å². The van der Waals surface area contributed by atoms with E-state index in [9.17, 15) is 25.1 Å². The van der Waals surface area contributed by atoms with E-state index < -0.39 is 10.9 Å². The van der Waals surface area contributed by atoms with E-state index in [4.69, 9.17) is 0 Å². The number of nitro benzene ring substituents is 1. The number of carbonyl (C=O) groups is 1. The standard InChI is InChI=1S/C13H16N2O5/c16-8-9-2-1-5-14(7-9)12-6-10(15(19)20)3-4-11(12)13(17)18/h3-4,6,9,16H,1-2,5,7-8H2,(H,17,18). The van der Waals surface area contributed by atoms with Gasteiger partial charge in [-0.1, -0.05) is 0 Å². The third-order valence-corrected chi connectivity index (χ3v) is 3.54. The van der Waals surface area contributed by atoms with E-state index in [1.165, 1.54) is 18.2 Å². The highest BCUT2D eigenvalue weighted by Crippen LogP contribution is 2.30. The second kappa shape index (κ2) is 5.87. The van der Waals surface area contributed by atoms with Gasteiger partial charge >= 0.3 is 5.97 Å². The molecule has 0 saturated carbocycles. The SMILES string of the molecule is O=C(O)c1ccc([N+](=O)[O-])cc1N1CCCC(CO)C1. The lowest BCUT2D eigenvalue weighted by Crippen LogP contribution is -2.37. The average Bonchev–Trinajstić information content (AvgIpc) is 2.46. The Labute approximate surface area is 115 Å². The van der Waals surface area contributed by atoms with E-state index in [0.717, 1.165) is 12.8 Å². The van der Waals surface area contributed by atoms with Crippen molar-refractivity contribution in [2.45, 2.75) is 12.8 Å². The Hall–Kier alpha value is -2.15. The normalized spacial score (nSPS) is 18.9. The Kier molecular flexibility index (Phi) is 4.19. The molecule has 20 heavy (non-hydrogen) atoms. The minimum atomic E-state index is -1.11. The van der Waals surface area contributed by atoms with Crippen molar-refractivity contribution < 1.29 is 19.9 Å². The summed E-state index contributed by atoms with van der Waals surface area (Å²) < 4.78 is 0. The molecule has 1 fully saturated rings. The van der Waals surface area contributed by atoms with E-state index >= 15 is 0 Å². The van der Waals surface area contributed by atoms with Gasteiger partial charge < -0.3 is 15.1 Å². The summed E-state index contributed by atoms with van der Waals surface area (Å²) in [6.07, 6.45) is 1.71. The van der Waals surface area contributed by atoms with Crippen LogP contribution in [0.1, 0.15) is 23.2 Å². The molecule has 1 heterocycles. The number of benzene rings is 1. The Bertz CT molecular complexity index is 531. The van der Waals surface area contributed by atoms with E-state index in [1.807, 2.05) is 0 Å². The molecular formula is C13H16N2O5. The summed E-state index contributed by atoms with van der Waals surface area (Å²) in [4.78, 5) is 23.4. The molecule has 0 amide bonds. The van der Waals surface area contributed by atoms with Crippen molar-refractivity contribution >= 4 is 17.3 Å². The molecule has 7 heteroatoms. The first-order chi connectivity index (χ1) is 9.52. The molecule has 0 radical (unpaired) electrons. The number of non-ortho nitro benzene ring substituents is 1. The minimum absolute atomic E-state index is 0.0355. The van der Waals surface area contributed by atoms with Gasteiger partial charge in [-0.2, -0.15) is 0 Å². The van der Waals surface area contributed by atoms with Gasteiger partial charge in [0.2, 0.25) is 0 Å². The molecule has 1 saturated heterocycles. The smallest absolute Gasteiger partial charge is 0.337 e. The van der Waals surface area contributed by atoms with Crippen molar-refractivity contribution in [1.29, 1.82) is 0 Å². The fourth-order valence-corrected chi connectivity index (χ4v) is 2.51.